The van der Waals surface area contributed by atoms with Crippen LogP contribution in [0.1, 0.15) is 44.4 Å². The Morgan fingerprint density at radius 1 is 1.00 bits per heavy atom. The van der Waals surface area contributed by atoms with Gasteiger partial charge in [0.15, 0.2) is 11.5 Å². The summed E-state index contributed by atoms with van der Waals surface area (Å²) in [5, 5.41) is 12.6. The van der Waals surface area contributed by atoms with Crippen molar-refractivity contribution in [3.05, 3.63) is 94.0 Å². The average molecular weight is 533 g/mol. The molecular formula is C31H33ClN2O4. The summed E-state index contributed by atoms with van der Waals surface area (Å²) in [6.45, 7) is 9.62. The zero-order valence-electron chi connectivity index (χ0n) is 22.2. The second kappa shape index (κ2) is 13.6. The van der Waals surface area contributed by atoms with Gasteiger partial charge in [-0.05, 0) is 59.4 Å². The Morgan fingerprint density at radius 3 is 2.32 bits per heavy atom. The van der Waals surface area contributed by atoms with Crippen LogP contribution >= 0.6 is 11.6 Å². The van der Waals surface area contributed by atoms with Crippen LogP contribution in [-0.4, -0.2) is 25.7 Å². The lowest BCUT2D eigenvalue weighted by Crippen LogP contribution is -2.23. The van der Waals surface area contributed by atoms with Crippen LogP contribution in [0.25, 0.3) is 6.08 Å². The van der Waals surface area contributed by atoms with E-state index in [9.17, 15) is 10.1 Å². The summed E-state index contributed by atoms with van der Waals surface area (Å²) < 4.78 is 17.4. The number of nitriles is 1. The van der Waals surface area contributed by atoms with Crippen molar-refractivity contribution in [3.8, 4) is 23.3 Å². The van der Waals surface area contributed by atoms with Crippen molar-refractivity contribution >= 4 is 23.6 Å². The number of ether oxygens (including phenoxy) is 3. The Bertz CT molecular complexity index is 1290. The van der Waals surface area contributed by atoms with Gasteiger partial charge in [-0.3, -0.25) is 4.79 Å². The summed E-state index contributed by atoms with van der Waals surface area (Å²) >= 11 is 6.52. The normalized spacial score (nSPS) is 11.4. The first-order valence-corrected chi connectivity index (χ1v) is 12.9. The number of hydrogen-bond donors (Lipinski definition) is 1. The van der Waals surface area contributed by atoms with Crippen molar-refractivity contribution in [2.24, 2.45) is 0 Å². The molecule has 0 saturated heterocycles. The Kier molecular flexibility index (Phi) is 10.2. The number of carbonyl (C=O) groups excluding carboxylic acids is 1. The molecule has 3 aromatic carbocycles. The highest BCUT2D eigenvalue weighted by molar-refractivity contribution is 6.32. The van der Waals surface area contributed by atoms with Gasteiger partial charge in [-0.1, -0.05) is 74.8 Å². The summed E-state index contributed by atoms with van der Waals surface area (Å²) in [7, 11) is 0. The van der Waals surface area contributed by atoms with Crippen molar-refractivity contribution in [1.29, 1.82) is 5.26 Å². The van der Waals surface area contributed by atoms with E-state index < -0.39 is 5.91 Å². The number of amides is 1. The molecule has 0 saturated carbocycles. The summed E-state index contributed by atoms with van der Waals surface area (Å²) in [4.78, 5) is 12.6. The first-order chi connectivity index (χ1) is 18.2. The standard InChI is InChI=1S/C31H33ClN2O4/c1-5-36-28-19-23(17-24(20-33)30(35)34-21-22-9-7-6-8-10-22)18-27(32)29(28)38-16-15-37-26-13-11-25(12-14-26)31(2,3)4/h6-14,17-19H,5,15-16,21H2,1-4H3,(H,34,35)/b24-17+. The fraction of sp³-hybridized carbons (Fsp3) is 0.290. The molecule has 7 heteroatoms. The van der Waals surface area contributed by atoms with Crippen LogP contribution in [0.15, 0.2) is 72.3 Å². The van der Waals surface area contributed by atoms with Gasteiger partial charge in [-0.25, -0.2) is 0 Å². The predicted octanol–water partition coefficient (Wildman–Crippen LogP) is 6.72. The van der Waals surface area contributed by atoms with E-state index in [1.165, 1.54) is 11.6 Å². The lowest BCUT2D eigenvalue weighted by Gasteiger charge is -2.19. The highest BCUT2D eigenvalue weighted by Gasteiger charge is 2.15. The molecule has 1 amide bonds. The van der Waals surface area contributed by atoms with Gasteiger partial charge < -0.3 is 19.5 Å². The van der Waals surface area contributed by atoms with Crippen molar-refractivity contribution in [2.45, 2.75) is 39.7 Å². The minimum absolute atomic E-state index is 0.0426. The predicted molar refractivity (Wildman–Crippen MR) is 151 cm³/mol. The van der Waals surface area contributed by atoms with Crippen LogP contribution in [0.2, 0.25) is 5.02 Å². The zero-order chi connectivity index (χ0) is 27.5. The molecule has 198 valence electrons. The van der Waals surface area contributed by atoms with E-state index in [0.29, 0.717) is 41.8 Å². The first kappa shape index (κ1) is 28.6. The SMILES string of the molecule is CCOc1cc(/C=C(\C#N)C(=O)NCc2ccccc2)cc(Cl)c1OCCOc1ccc(C(C)(C)C)cc1. The number of benzene rings is 3. The summed E-state index contributed by atoms with van der Waals surface area (Å²) in [6, 6.07) is 22.8. The van der Waals surface area contributed by atoms with Crippen LogP contribution in [0.4, 0.5) is 0 Å². The smallest absolute Gasteiger partial charge is 0.262 e. The molecular weight excluding hydrogens is 500 g/mol. The summed E-state index contributed by atoms with van der Waals surface area (Å²) in [5.41, 5.74) is 2.75. The van der Waals surface area contributed by atoms with Gasteiger partial charge >= 0.3 is 0 Å². The molecule has 0 unspecified atom stereocenters. The third kappa shape index (κ3) is 8.29. The van der Waals surface area contributed by atoms with Gasteiger partial charge in [0.05, 0.1) is 11.6 Å². The quantitative estimate of drug-likeness (QED) is 0.168. The molecule has 3 aromatic rings. The number of halogens is 1. The van der Waals surface area contributed by atoms with Crippen molar-refractivity contribution in [2.75, 3.05) is 19.8 Å². The first-order valence-electron chi connectivity index (χ1n) is 12.5. The van der Waals surface area contributed by atoms with Crippen molar-refractivity contribution < 1.29 is 19.0 Å². The maximum Gasteiger partial charge on any atom is 0.262 e. The van der Waals surface area contributed by atoms with Gasteiger partial charge in [0.2, 0.25) is 0 Å². The van der Waals surface area contributed by atoms with Gasteiger partial charge in [-0.2, -0.15) is 5.26 Å². The molecule has 3 rings (SSSR count). The fourth-order valence-corrected chi connectivity index (χ4v) is 3.89. The highest BCUT2D eigenvalue weighted by atomic mass is 35.5. The highest BCUT2D eigenvalue weighted by Crippen LogP contribution is 2.37. The molecule has 0 aliphatic rings. The van der Waals surface area contributed by atoms with Crippen LogP contribution in [0, 0.1) is 11.3 Å². The van der Waals surface area contributed by atoms with E-state index >= 15 is 0 Å². The summed E-state index contributed by atoms with van der Waals surface area (Å²) in [6.07, 6.45) is 1.48. The fourth-order valence-electron chi connectivity index (χ4n) is 3.62. The number of carbonyl (C=O) groups is 1. The van der Waals surface area contributed by atoms with Crippen LogP contribution in [0.3, 0.4) is 0 Å². The maximum atomic E-state index is 12.6. The van der Waals surface area contributed by atoms with Crippen LogP contribution in [0.5, 0.6) is 17.2 Å². The largest absolute Gasteiger partial charge is 0.490 e. The second-order valence-corrected chi connectivity index (χ2v) is 9.98. The van der Waals surface area contributed by atoms with Gasteiger partial charge in [0, 0.05) is 6.54 Å². The zero-order valence-corrected chi connectivity index (χ0v) is 23.0. The molecule has 0 radical (unpaired) electrons. The minimum atomic E-state index is -0.474. The molecule has 0 fully saturated rings. The van der Waals surface area contributed by atoms with E-state index in [4.69, 9.17) is 25.8 Å². The molecule has 6 nitrogen and oxygen atoms in total. The number of rotatable bonds is 11. The molecule has 0 spiro atoms. The van der Waals surface area contributed by atoms with E-state index in [2.05, 4.69) is 38.2 Å². The Morgan fingerprint density at radius 2 is 1.68 bits per heavy atom. The molecule has 0 atom stereocenters. The number of nitrogens with one attached hydrogen (secondary N) is 1. The van der Waals surface area contributed by atoms with Crippen LogP contribution in [-0.2, 0) is 16.8 Å². The Hall–Kier alpha value is -3.95. The lowest BCUT2D eigenvalue weighted by molar-refractivity contribution is -0.117. The second-order valence-electron chi connectivity index (χ2n) is 9.57. The van der Waals surface area contributed by atoms with Crippen LogP contribution < -0.4 is 19.5 Å². The monoisotopic (exact) mass is 532 g/mol. The molecule has 1 N–H and O–H groups in total. The van der Waals surface area contributed by atoms with Gasteiger partial charge in [0.1, 0.15) is 30.6 Å². The molecule has 0 heterocycles. The third-order valence-electron chi connectivity index (χ3n) is 5.62. The maximum absolute atomic E-state index is 12.6. The lowest BCUT2D eigenvalue weighted by atomic mass is 9.87. The van der Waals surface area contributed by atoms with E-state index in [0.717, 1.165) is 11.3 Å². The number of hydrogen-bond acceptors (Lipinski definition) is 5. The topological polar surface area (TPSA) is 80.6 Å². The average Bonchev–Trinajstić information content (AvgIpc) is 2.90. The molecule has 38 heavy (non-hydrogen) atoms. The van der Waals surface area contributed by atoms with Gasteiger partial charge in [0.25, 0.3) is 5.91 Å². The Balaban J connectivity index is 1.65. The van der Waals surface area contributed by atoms with Gasteiger partial charge in [-0.15, -0.1) is 0 Å². The third-order valence-corrected chi connectivity index (χ3v) is 5.90. The molecule has 0 aliphatic heterocycles. The van der Waals surface area contributed by atoms with Crippen molar-refractivity contribution in [1.82, 2.24) is 5.32 Å². The summed E-state index contributed by atoms with van der Waals surface area (Å²) in [5.74, 6) is 1.08. The molecule has 0 bridgehead atoms. The molecule has 0 aromatic heterocycles. The Labute approximate surface area is 229 Å². The number of nitrogens with zero attached hydrogens (tertiary/aromatic N) is 1. The van der Waals surface area contributed by atoms with E-state index in [1.807, 2.05) is 55.5 Å². The van der Waals surface area contributed by atoms with Crippen molar-refractivity contribution in [3.63, 3.8) is 0 Å². The van der Waals surface area contributed by atoms with E-state index in [-0.39, 0.29) is 17.6 Å². The minimum Gasteiger partial charge on any atom is -0.490 e. The molecule has 0 aliphatic carbocycles. The van der Waals surface area contributed by atoms with E-state index in [1.54, 1.807) is 12.1 Å².